The minimum atomic E-state index is -0.204. The highest BCUT2D eigenvalue weighted by Gasteiger charge is 2.13. The standard InChI is InChI=1S/C14H15Cl2N3OS/c1-8-6-18-14(21-8)9(2)17-7-12(20)19-13-10(15)4-3-5-11(13)16/h3-6,9,17H,7H2,1-2H3,(H,19,20). The summed E-state index contributed by atoms with van der Waals surface area (Å²) in [6.07, 6.45) is 1.82. The molecule has 1 atom stereocenters. The van der Waals surface area contributed by atoms with E-state index in [4.69, 9.17) is 23.2 Å². The van der Waals surface area contributed by atoms with Gasteiger partial charge in [0.05, 0.1) is 28.3 Å². The molecule has 2 aromatic rings. The molecule has 0 bridgehead atoms. The van der Waals surface area contributed by atoms with Crippen LogP contribution in [0.3, 0.4) is 0 Å². The molecule has 21 heavy (non-hydrogen) atoms. The molecule has 0 aliphatic carbocycles. The molecule has 2 rings (SSSR count). The Morgan fingerprint density at radius 3 is 2.62 bits per heavy atom. The van der Waals surface area contributed by atoms with Crippen LogP contribution in [-0.4, -0.2) is 17.4 Å². The molecule has 0 fully saturated rings. The summed E-state index contributed by atoms with van der Waals surface area (Å²) in [5, 5.41) is 7.62. The van der Waals surface area contributed by atoms with Gasteiger partial charge in [0.1, 0.15) is 5.01 Å². The van der Waals surface area contributed by atoms with Gasteiger partial charge in [0.25, 0.3) is 0 Å². The number of carbonyl (C=O) groups excluding carboxylic acids is 1. The van der Waals surface area contributed by atoms with Crippen molar-refractivity contribution in [2.45, 2.75) is 19.9 Å². The fourth-order valence-corrected chi connectivity index (χ4v) is 3.00. The fourth-order valence-electron chi connectivity index (χ4n) is 1.71. The van der Waals surface area contributed by atoms with E-state index in [9.17, 15) is 4.79 Å². The Morgan fingerprint density at radius 2 is 2.05 bits per heavy atom. The summed E-state index contributed by atoms with van der Waals surface area (Å²) < 4.78 is 0. The summed E-state index contributed by atoms with van der Waals surface area (Å²) in [4.78, 5) is 17.4. The Morgan fingerprint density at radius 1 is 1.38 bits per heavy atom. The summed E-state index contributed by atoms with van der Waals surface area (Å²) in [7, 11) is 0. The van der Waals surface area contributed by atoms with Gasteiger partial charge in [-0.05, 0) is 26.0 Å². The van der Waals surface area contributed by atoms with E-state index in [2.05, 4.69) is 15.6 Å². The maximum Gasteiger partial charge on any atom is 0.238 e. The van der Waals surface area contributed by atoms with E-state index in [0.29, 0.717) is 15.7 Å². The number of para-hydroxylation sites is 1. The Hall–Kier alpha value is -1.14. The van der Waals surface area contributed by atoms with Gasteiger partial charge in [0.2, 0.25) is 5.91 Å². The predicted molar refractivity (Wildman–Crippen MR) is 88.4 cm³/mol. The topological polar surface area (TPSA) is 54.0 Å². The highest BCUT2D eigenvalue weighted by atomic mass is 35.5. The molecule has 112 valence electrons. The smallest absolute Gasteiger partial charge is 0.238 e. The van der Waals surface area contributed by atoms with E-state index in [1.165, 1.54) is 0 Å². The van der Waals surface area contributed by atoms with Gasteiger partial charge in [0, 0.05) is 11.1 Å². The predicted octanol–water partition coefficient (Wildman–Crippen LogP) is 4.05. The first-order valence-electron chi connectivity index (χ1n) is 6.37. The number of carbonyl (C=O) groups is 1. The maximum absolute atomic E-state index is 11.9. The molecule has 1 heterocycles. The number of hydrogen-bond donors (Lipinski definition) is 2. The minimum absolute atomic E-state index is 0.0103. The number of aromatic nitrogens is 1. The highest BCUT2D eigenvalue weighted by Crippen LogP contribution is 2.29. The number of aryl methyl sites for hydroxylation is 1. The first-order chi connectivity index (χ1) is 9.97. The summed E-state index contributed by atoms with van der Waals surface area (Å²) in [5.74, 6) is -0.204. The van der Waals surface area contributed by atoms with Crippen LogP contribution in [0.4, 0.5) is 5.69 Å². The minimum Gasteiger partial charge on any atom is -0.322 e. The van der Waals surface area contributed by atoms with Crippen molar-refractivity contribution < 1.29 is 4.79 Å². The average molecular weight is 344 g/mol. The van der Waals surface area contributed by atoms with Crippen LogP contribution < -0.4 is 10.6 Å². The zero-order valence-corrected chi connectivity index (χ0v) is 13.9. The van der Waals surface area contributed by atoms with Crippen LogP contribution in [0.15, 0.2) is 24.4 Å². The first kappa shape index (κ1) is 16.2. The zero-order chi connectivity index (χ0) is 15.4. The molecule has 1 aromatic heterocycles. The number of thiazole rings is 1. The zero-order valence-electron chi connectivity index (χ0n) is 11.6. The molecular weight excluding hydrogens is 329 g/mol. The van der Waals surface area contributed by atoms with Crippen molar-refractivity contribution in [3.63, 3.8) is 0 Å². The number of halogens is 2. The number of anilines is 1. The lowest BCUT2D eigenvalue weighted by molar-refractivity contribution is -0.115. The largest absolute Gasteiger partial charge is 0.322 e. The van der Waals surface area contributed by atoms with E-state index in [1.807, 2.05) is 20.0 Å². The lowest BCUT2D eigenvalue weighted by Crippen LogP contribution is -2.30. The molecule has 0 spiro atoms. The van der Waals surface area contributed by atoms with E-state index in [-0.39, 0.29) is 18.5 Å². The summed E-state index contributed by atoms with van der Waals surface area (Å²) in [6.45, 7) is 4.12. The van der Waals surface area contributed by atoms with Crippen molar-refractivity contribution in [3.05, 3.63) is 44.3 Å². The lowest BCUT2D eigenvalue weighted by Gasteiger charge is -2.12. The Kier molecular flexibility index (Phi) is 5.58. The number of rotatable bonds is 5. The molecule has 2 N–H and O–H groups in total. The Labute approximate surface area is 137 Å². The molecule has 0 radical (unpaired) electrons. The quantitative estimate of drug-likeness (QED) is 0.860. The van der Waals surface area contributed by atoms with Crippen LogP contribution in [0.2, 0.25) is 10.0 Å². The van der Waals surface area contributed by atoms with Crippen LogP contribution in [-0.2, 0) is 4.79 Å². The number of hydrogen-bond acceptors (Lipinski definition) is 4. The molecule has 7 heteroatoms. The van der Waals surface area contributed by atoms with Crippen molar-refractivity contribution in [1.29, 1.82) is 0 Å². The van der Waals surface area contributed by atoms with Crippen LogP contribution in [0.1, 0.15) is 22.9 Å². The second-order valence-corrected chi connectivity index (χ2v) is 6.64. The van der Waals surface area contributed by atoms with Crippen molar-refractivity contribution in [2.24, 2.45) is 0 Å². The SMILES string of the molecule is Cc1cnc(C(C)NCC(=O)Nc2c(Cl)cccc2Cl)s1. The van der Waals surface area contributed by atoms with Crippen molar-refractivity contribution in [3.8, 4) is 0 Å². The molecule has 1 aromatic carbocycles. The van der Waals surface area contributed by atoms with Gasteiger partial charge in [-0.15, -0.1) is 11.3 Å². The summed E-state index contributed by atoms with van der Waals surface area (Å²) >= 11 is 13.6. The van der Waals surface area contributed by atoms with Gasteiger partial charge in [-0.3, -0.25) is 10.1 Å². The summed E-state index contributed by atoms with van der Waals surface area (Å²) in [6, 6.07) is 5.09. The van der Waals surface area contributed by atoms with Crippen molar-refractivity contribution in [2.75, 3.05) is 11.9 Å². The second-order valence-electron chi connectivity index (χ2n) is 4.56. The van der Waals surface area contributed by atoms with E-state index >= 15 is 0 Å². The van der Waals surface area contributed by atoms with Gasteiger partial charge in [-0.25, -0.2) is 4.98 Å². The molecule has 0 aliphatic rings. The maximum atomic E-state index is 11.9. The molecule has 1 amide bonds. The normalized spacial score (nSPS) is 12.2. The Bertz CT molecular complexity index is 625. The van der Waals surface area contributed by atoms with Gasteiger partial charge in [0.15, 0.2) is 0 Å². The number of benzene rings is 1. The van der Waals surface area contributed by atoms with Crippen LogP contribution >= 0.6 is 34.5 Å². The monoisotopic (exact) mass is 343 g/mol. The van der Waals surface area contributed by atoms with Gasteiger partial charge < -0.3 is 5.32 Å². The van der Waals surface area contributed by atoms with Crippen LogP contribution in [0.25, 0.3) is 0 Å². The van der Waals surface area contributed by atoms with E-state index in [0.717, 1.165) is 9.88 Å². The molecule has 1 unspecified atom stereocenters. The van der Waals surface area contributed by atoms with Crippen LogP contribution in [0.5, 0.6) is 0 Å². The van der Waals surface area contributed by atoms with Crippen molar-refractivity contribution in [1.82, 2.24) is 10.3 Å². The number of nitrogens with zero attached hydrogens (tertiary/aromatic N) is 1. The van der Waals surface area contributed by atoms with Gasteiger partial charge >= 0.3 is 0 Å². The third kappa shape index (κ3) is 4.41. The van der Waals surface area contributed by atoms with Gasteiger partial charge in [-0.2, -0.15) is 0 Å². The third-order valence-corrected chi connectivity index (χ3v) is 4.53. The molecule has 0 saturated heterocycles. The number of amides is 1. The molecular formula is C14H15Cl2N3OS. The molecule has 4 nitrogen and oxygen atoms in total. The number of nitrogens with one attached hydrogen (secondary N) is 2. The lowest BCUT2D eigenvalue weighted by atomic mass is 10.3. The average Bonchev–Trinajstić information content (AvgIpc) is 2.87. The second kappa shape index (κ2) is 7.22. The van der Waals surface area contributed by atoms with Crippen LogP contribution in [0, 0.1) is 6.92 Å². The summed E-state index contributed by atoms with van der Waals surface area (Å²) in [5.41, 5.74) is 0.436. The fraction of sp³-hybridized carbons (Fsp3) is 0.286. The molecule has 0 saturated carbocycles. The molecule has 0 aliphatic heterocycles. The van der Waals surface area contributed by atoms with Gasteiger partial charge in [-0.1, -0.05) is 29.3 Å². The third-order valence-electron chi connectivity index (χ3n) is 2.81. The first-order valence-corrected chi connectivity index (χ1v) is 7.94. The van der Waals surface area contributed by atoms with Crippen molar-refractivity contribution >= 4 is 46.1 Å². The highest BCUT2D eigenvalue weighted by molar-refractivity contribution is 7.11. The van der Waals surface area contributed by atoms with E-state index in [1.54, 1.807) is 29.5 Å². The van der Waals surface area contributed by atoms with E-state index < -0.39 is 0 Å². The Balaban J connectivity index is 1.90.